The Morgan fingerprint density at radius 2 is 1.73 bits per heavy atom. The van der Waals surface area contributed by atoms with Gasteiger partial charge in [-0.25, -0.2) is 4.98 Å². The van der Waals surface area contributed by atoms with E-state index in [1.807, 2.05) is 32.9 Å². The van der Waals surface area contributed by atoms with Gasteiger partial charge in [0.15, 0.2) is 5.82 Å². The van der Waals surface area contributed by atoms with Gasteiger partial charge in [-0.15, -0.1) is 5.10 Å². The van der Waals surface area contributed by atoms with Crippen LogP contribution in [0, 0.1) is 0 Å². The standard InChI is InChI=1S/C20H24ClN3.C2H6/c1-5-6-13(2)17-18(16-9-10-16)23-24-19(22-17)20(11-12-20)14(3)7-8-15(4)21;1-2/h5-8,16H,1,9-12H2,2-4H3;1-2H3/b13-6+,14-7+,15-8+;. The maximum absolute atomic E-state index is 5.96. The molecule has 0 aliphatic heterocycles. The third kappa shape index (κ3) is 4.50. The van der Waals surface area contributed by atoms with Crippen molar-refractivity contribution < 1.29 is 0 Å². The molecule has 1 aromatic heterocycles. The summed E-state index contributed by atoms with van der Waals surface area (Å²) in [6.07, 6.45) is 12.3. The van der Waals surface area contributed by atoms with E-state index in [4.69, 9.17) is 16.6 Å². The molecule has 2 fully saturated rings. The Bertz CT molecular complexity index is 747. The number of halogens is 1. The molecule has 0 bridgehead atoms. The van der Waals surface area contributed by atoms with Gasteiger partial charge < -0.3 is 0 Å². The van der Waals surface area contributed by atoms with Gasteiger partial charge in [-0.3, -0.25) is 0 Å². The lowest BCUT2D eigenvalue weighted by Crippen LogP contribution is -2.17. The summed E-state index contributed by atoms with van der Waals surface area (Å²) in [6, 6.07) is 0. The first-order valence-corrected chi connectivity index (χ1v) is 9.91. The minimum atomic E-state index is -0.0683. The molecule has 26 heavy (non-hydrogen) atoms. The molecule has 0 aromatic carbocycles. The Kier molecular flexibility index (Phi) is 6.94. The predicted octanol–water partition coefficient (Wildman–Crippen LogP) is 6.49. The van der Waals surface area contributed by atoms with Crippen LogP contribution in [0.2, 0.25) is 0 Å². The van der Waals surface area contributed by atoms with Crippen molar-refractivity contribution in [1.29, 1.82) is 0 Å². The molecule has 140 valence electrons. The van der Waals surface area contributed by atoms with Gasteiger partial charge in [0.1, 0.15) is 0 Å². The summed E-state index contributed by atoms with van der Waals surface area (Å²) in [4.78, 5) is 4.95. The molecule has 0 spiro atoms. The van der Waals surface area contributed by atoms with Crippen LogP contribution in [-0.4, -0.2) is 15.2 Å². The third-order valence-corrected chi connectivity index (χ3v) is 5.04. The van der Waals surface area contributed by atoms with Gasteiger partial charge in [-0.1, -0.05) is 55.8 Å². The summed E-state index contributed by atoms with van der Waals surface area (Å²) in [5.74, 6) is 1.36. The molecule has 1 heterocycles. The van der Waals surface area contributed by atoms with Crippen LogP contribution in [0.4, 0.5) is 0 Å². The lowest BCUT2D eigenvalue weighted by molar-refractivity contribution is 0.685. The second-order valence-corrected chi connectivity index (χ2v) is 7.51. The van der Waals surface area contributed by atoms with Crippen LogP contribution < -0.4 is 0 Å². The minimum Gasteiger partial charge on any atom is -0.228 e. The number of aromatic nitrogens is 3. The molecule has 2 aliphatic carbocycles. The molecular formula is C22H30ClN3. The van der Waals surface area contributed by atoms with Crippen LogP contribution in [0.1, 0.15) is 83.4 Å². The first kappa shape index (κ1) is 20.6. The van der Waals surface area contributed by atoms with E-state index in [0.717, 1.165) is 40.7 Å². The van der Waals surface area contributed by atoms with Gasteiger partial charge >= 0.3 is 0 Å². The predicted molar refractivity (Wildman–Crippen MR) is 111 cm³/mol. The quantitative estimate of drug-likeness (QED) is 0.536. The fourth-order valence-corrected chi connectivity index (χ4v) is 3.10. The highest BCUT2D eigenvalue weighted by molar-refractivity contribution is 6.29. The Morgan fingerprint density at radius 1 is 1.08 bits per heavy atom. The van der Waals surface area contributed by atoms with Gasteiger partial charge in [0.2, 0.25) is 0 Å². The molecule has 3 nitrogen and oxygen atoms in total. The molecule has 3 rings (SSSR count). The molecule has 0 saturated heterocycles. The molecule has 1 aromatic rings. The van der Waals surface area contributed by atoms with Gasteiger partial charge in [-0.05, 0) is 58.1 Å². The number of nitrogens with zero attached hydrogens (tertiary/aromatic N) is 3. The number of hydrogen-bond acceptors (Lipinski definition) is 3. The van der Waals surface area contributed by atoms with E-state index in [1.54, 1.807) is 6.08 Å². The summed E-state index contributed by atoms with van der Waals surface area (Å²) in [5.41, 5.74) is 4.33. The average Bonchev–Trinajstić information content (AvgIpc) is 3.54. The lowest BCUT2D eigenvalue weighted by Gasteiger charge is -2.16. The highest BCUT2D eigenvalue weighted by Crippen LogP contribution is 2.53. The topological polar surface area (TPSA) is 38.7 Å². The molecule has 0 unspecified atom stereocenters. The Labute approximate surface area is 163 Å². The molecular weight excluding hydrogens is 342 g/mol. The molecule has 0 amide bonds. The zero-order chi connectivity index (χ0) is 19.3. The van der Waals surface area contributed by atoms with Crippen LogP contribution in [0.5, 0.6) is 0 Å². The van der Waals surface area contributed by atoms with Crippen molar-refractivity contribution in [3.05, 3.63) is 58.7 Å². The van der Waals surface area contributed by atoms with Crippen LogP contribution in [0.3, 0.4) is 0 Å². The van der Waals surface area contributed by atoms with Crippen molar-refractivity contribution in [2.75, 3.05) is 0 Å². The van der Waals surface area contributed by atoms with Crippen LogP contribution >= 0.6 is 11.6 Å². The van der Waals surface area contributed by atoms with Crippen molar-refractivity contribution in [3.8, 4) is 0 Å². The zero-order valence-electron chi connectivity index (χ0n) is 16.6. The maximum atomic E-state index is 5.96. The Hall–Kier alpha value is -1.74. The minimum absolute atomic E-state index is 0.0683. The fourth-order valence-electron chi connectivity index (χ4n) is 3.03. The summed E-state index contributed by atoms with van der Waals surface area (Å²) >= 11 is 5.96. The van der Waals surface area contributed by atoms with Crippen LogP contribution in [-0.2, 0) is 5.41 Å². The van der Waals surface area contributed by atoms with E-state index >= 15 is 0 Å². The average molecular weight is 372 g/mol. The van der Waals surface area contributed by atoms with Gasteiger partial charge in [-0.2, -0.15) is 5.10 Å². The van der Waals surface area contributed by atoms with E-state index in [-0.39, 0.29) is 5.41 Å². The molecule has 2 saturated carbocycles. The van der Waals surface area contributed by atoms with E-state index in [2.05, 4.69) is 36.7 Å². The van der Waals surface area contributed by atoms with Gasteiger partial charge in [0.25, 0.3) is 0 Å². The molecule has 4 heteroatoms. The van der Waals surface area contributed by atoms with E-state index in [0.29, 0.717) is 5.92 Å². The van der Waals surface area contributed by atoms with Crippen LogP contribution in [0.15, 0.2) is 41.5 Å². The van der Waals surface area contributed by atoms with E-state index < -0.39 is 0 Å². The number of allylic oxidation sites excluding steroid dienone is 7. The molecule has 0 radical (unpaired) electrons. The first-order valence-electron chi connectivity index (χ1n) is 9.54. The molecule has 2 aliphatic rings. The third-order valence-electron chi connectivity index (χ3n) is 4.91. The van der Waals surface area contributed by atoms with E-state index in [1.165, 1.54) is 18.4 Å². The molecule has 0 atom stereocenters. The lowest BCUT2D eigenvalue weighted by atomic mass is 9.95. The normalized spacial score (nSPS) is 19.5. The Balaban J connectivity index is 0.00000117. The molecule has 0 N–H and O–H groups in total. The van der Waals surface area contributed by atoms with Crippen molar-refractivity contribution in [2.24, 2.45) is 0 Å². The highest BCUT2D eigenvalue weighted by atomic mass is 35.5. The fraction of sp³-hybridized carbons (Fsp3) is 0.500. The Morgan fingerprint density at radius 3 is 2.23 bits per heavy atom. The second-order valence-electron chi connectivity index (χ2n) is 6.91. The largest absolute Gasteiger partial charge is 0.228 e. The monoisotopic (exact) mass is 371 g/mol. The first-order chi connectivity index (χ1) is 12.5. The number of rotatable bonds is 6. The van der Waals surface area contributed by atoms with E-state index in [9.17, 15) is 0 Å². The van der Waals surface area contributed by atoms with Crippen molar-refractivity contribution >= 4 is 17.2 Å². The SMILES string of the molecule is C=C/C=C(\C)c1nc(C2(/C(C)=C/C=C(\C)Cl)CC2)nnc1C1CC1.CC. The van der Waals surface area contributed by atoms with Crippen molar-refractivity contribution in [3.63, 3.8) is 0 Å². The van der Waals surface area contributed by atoms with Crippen molar-refractivity contribution in [2.45, 2.75) is 71.6 Å². The summed E-state index contributed by atoms with van der Waals surface area (Å²) in [7, 11) is 0. The summed E-state index contributed by atoms with van der Waals surface area (Å²) in [6.45, 7) is 13.9. The van der Waals surface area contributed by atoms with Crippen LogP contribution in [0.25, 0.3) is 5.57 Å². The zero-order valence-corrected chi connectivity index (χ0v) is 17.4. The summed E-state index contributed by atoms with van der Waals surface area (Å²) in [5, 5.41) is 9.86. The van der Waals surface area contributed by atoms with Crippen molar-refractivity contribution in [1.82, 2.24) is 15.2 Å². The smallest absolute Gasteiger partial charge is 0.161 e. The maximum Gasteiger partial charge on any atom is 0.161 e. The van der Waals surface area contributed by atoms with Gasteiger partial charge in [0, 0.05) is 11.0 Å². The number of hydrogen-bond donors (Lipinski definition) is 0. The summed E-state index contributed by atoms with van der Waals surface area (Å²) < 4.78 is 0. The van der Waals surface area contributed by atoms with Gasteiger partial charge in [0.05, 0.1) is 16.8 Å². The highest BCUT2D eigenvalue weighted by Gasteiger charge is 2.49. The second kappa shape index (κ2) is 8.77.